The summed E-state index contributed by atoms with van der Waals surface area (Å²) in [7, 11) is 0. The van der Waals surface area contributed by atoms with E-state index in [0.717, 1.165) is 17.7 Å². The summed E-state index contributed by atoms with van der Waals surface area (Å²) >= 11 is 12.7. The van der Waals surface area contributed by atoms with Gasteiger partial charge in [0.2, 0.25) is 0 Å². The van der Waals surface area contributed by atoms with Crippen LogP contribution in [0.25, 0.3) is 6.08 Å². The molecule has 0 saturated carbocycles. The maximum atomic E-state index is 12.5. The third-order valence-corrected chi connectivity index (χ3v) is 6.73. The topological polar surface area (TPSA) is 38.8 Å². The Morgan fingerprint density at radius 3 is 2.48 bits per heavy atom. The Hall–Kier alpha value is -2.02. The van der Waals surface area contributed by atoms with Gasteiger partial charge >= 0.3 is 0 Å². The summed E-state index contributed by atoms with van der Waals surface area (Å²) in [5, 5.41) is 0.571. The van der Waals surface area contributed by atoms with Crippen LogP contribution in [0.4, 0.5) is 0 Å². The molecule has 2 aromatic rings. The number of amides is 1. The van der Waals surface area contributed by atoms with Gasteiger partial charge in [0, 0.05) is 17.1 Å². The van der Waals surface area contributed by atoms with Crippen molar-refractivity contribution in [3.63, 3.8) is 0 Å². The molecule has 0 radical (unpaired) electrons. The molecule has 1 aliphatic heterocycles. The normalized spacial score (nSPS) is 16.1. The molecule has 4 nitrogen and oxygen atoms in total. The number of likely N-dealkylation sites (N-methyl/N-ethyl adjacent to an activating group) is 1. The molecule has 1 atom stereocenters. The summed E-state index contributed by atoms with van der Waals surface area (Å²) in [6.45, 7) is 7.63. The third-order valence-electron chi connectivity index (χ3n) is 5.12. The van der Waals surface area contributed by atoms with Gasteiger partial charge in [0.15, 0.2) is 0 Å². The van der Waals surface area contributed by atoms with Crippen LogP contribution in [-0.4, -0.2) is 34.9 Å². The smallest absolute Gasteiger partial charge is 0.266 e. The van der Waals surface area contributed by atoms with Crippen molar-refractivity contribution in [2.24, 2.45) is 0 Å². The van der Waals surface area contributed by atoms with Crippen LogP contribution in [0.5, 0.6) is 11.5 Å². The molecule has 0 spiro atoms. The van der Waals surface area contributed by atoms with Crippen molar-refractivity contribution >= 4 is 51.9 Å². The van der Waals surface area contributed by atoms with Crippen molar-refractivity contribution in [2.75, 3.05) is 19.8 Å². The standard InChI is InChI=1S/C24H26ClNO3S2/c1-4-16(3)17-6-9-20(10-7-17)28-12-13-29-21-11-8-19(25)14-18(21)15-22-23(27)26(5-2)24(30)31-22/h6-11,14-16H,4-5,12-13H2,1-3H3/b22-15-. The minimum absolute atomic E-state index is 0.0902. The molecule has 164 valence electrons. The van der Waals surface area contributed by atoms with Gasteiger partial charge < -0.3 is 9.47 Å². The lowest BCUT2D eigenvalue weighted by Crippen LogP contribution is -2.27. The predicted octanol–water partition coefficient (Wildman–Crippen LogP) is 6.53. The first-order chi connectivity index (χ1) is 14.9. The molecule has 3 rings (SSSR count). The van der Waals surface area contributed by atoms with E-state index in [0.29, 0.717) is 45.7 Å². The second-order valence-corrected chi connectivity index (χ2v) is 9.30. The number of nitrogens with zero attached hydrogens (tertiary/aromatic N) is 1. The number of hydrogen-bond acceptors (Lipinski definition) is 5. The van der Waals surface area contributed by atoms with Crippen molar-refractivity contribution in [3.05, 3.63) is 63.5 Å². The highest BCUT2D eigenvalue weighted by atomic mass is 35.5. The molecule has 1 fully saturated rings. The van der Waals surface area contributed by atoms with Gasteiger partial charge in [-0.1, -0.05) is 61.6 Å². The van der Waals surface area contributed by atoms with E-state index in [2.05, 4.69) is 26.0 Å². The van der Waals surface area contributed by atoms with Crippen LogP contribution in [0.1, 0.15) is 44.2 Å². The first kappa shape index (κ1) is 23.6. The molecule has 0 aliphatic carbocycles. The van der Waals surface area contributed by atoms with E-state index >= 15 is 0 Å². The number of carbonyl (C=O) groups excluding carboxylic acids is 1. The molecule has 0 aromatic heterocycles. The van der Waals surface area contributed by atoms with Crippen LogP contribution in [0.3, 0.4) is 0 Å². The Kier molecular flexibility index (Phi) is 8.41. The Morgan fingerprint density at radius 1 is 1.13 bits per heavy atom. The van der Waals surface area contributed by atoms with Crippen molar-refractivity contribution in [2.45, 2.75) is 33.1 Å². The summed E-state index contributed by atoms with van der Waals surface area (Å²) in [4.78, 5) is 14.7. The number of thioether (sulfide) groups is 1. The first-order valence-corrected chi connectivity index (χ1v) is 11.9. The van der Waals surface area contributed by atoms with Crippen molar-refractivity contribution < 1.29 is 14.3 Å². The molecule has 1 unspecified atom stereocenters. The largest absolute Gasteiger partial charge is 0.490 e. The van der Waals surface area contributed by atoms with Crippen LogP contribution in [0.2, 0.25) is 5.02 Å². The van der Waals surface area contributed by atoms with Crippen LogP contribution < -0.4 is 9.47 Å². The highest BCUT2D eigenvalue weighted by Crippen LogP contribution is 2.35. The number of carbonyl (C=O) groups is 1. The van der Waals surface area contributed by atoms with Gasteiger partial charge in [-0.15, -0.1) is 0 Å². The van der Waals surface area contributed by atoms with Crippen molar-refractivity contribution in [1.82, 2.24) is 4.90 Å². The van der Waals surface area contributed by atoms with E-state index in [1.807, 2.05) is 19.1 Å². The van der Waals surface area contributed by atoms with E-state index in [1.54, 1.807) is 29.2 Å². The Bertz CT molecular complexity index is 975. The quantitative estimate of drug-likeness (QED) is 0.234. The number of rotatable bonds is 9. The van der Waals surface area contributed by atoms with E-state index < -0.39 is 0 Å². The molecule has 1 amide bonds. The second kappa shape index (κ2) is 11.0. The SMILES string of the molecule is CCC(C)c1ccc(OCCOc2ccc(Cl)cc2/C=C2\SC(=S)N(CC)C2=O)cc1. The molecule has 0 bridgehead atoms. The Morgan fingerprint density at radius 2 is 1.84 bits per heavy atom. The molecule has 1 aliphatic rings. The lowest BCUT2D eigenvalue weighted by Gasteiger charge is -2.13. The minimum atomic E-state index is -0.0902. The molecule has 31 heavy (non-hydrogen) atoms. The van der Waals surface area contributed by atoms with Crippen molar-refractivity contribution in [3.8, 4) is 11.5 Å². The van der Waals surface area contributed by atoms with Gasteiger partial charge in [-0.25, -0.2) is 0 Å². The number of benzene rings is 2. The molecule has 7 heteroatoms. The molecule has 1 saturated heterocycles. The highest BCUT2D eigenvalue weighted by molar-refractivity contribution is 8.26. The van der Waals surface area contributed by atoms with Gasteiger partial charge in [0.1, 0.15) is 29.0 Å². The van der Waals surface area contributed by atoms with E-state index in [-0.39, 0.29) is 5.91 Å². The maximum absolute atomic E-state index is 12.5. The average molecular weight is 476 g/mol. The van der Waals surface area contributed by atoms with Gasteiger partial charge in [0.05, 0.1) is 4.91 Å². The number of thiocarbonyl (C=S) groups is 1. The summed E-state index contributed by atoms with van der Waals surface area (Å²) in [5.74, 6) is 1.91. The van der Waals surface area contributed by atoms with Gasteiger partial charge in [0.25, 0.3) is 5.91 Å². The molecule has 1 heterocycles. The monoisotopic (exact) mass is 475 g/mol. The van der Waals surface area contributed by atoms with Crippen LogP contribution in [0, 0.1) is 0 Å². The zero-order chi connectivity index (χ0) is 22.4. The van der Waals surface area contributed by atoms with Crippen LogP contribution in [0.15, 0.2) is 47.4 Å². The summed E-state index contributed by atoms with van der Waals surface area (Å²) in [6, 6.07) is 13.5. The van der Waals surface area contributed by atoms with Gasteiger partial charge in [-0.2, -0.15) is 0 Å². The molecule has 2 aromatic carbocycles. The zero-order valence-electron chi connectivity index (χ0n) is 17.9. The summed E-state index contributed by atoms with van der Waals surface area (Å²) in [5.41, 5.74) is 2.05. The zero-order valence-corrected chi connectivity index (χ0v) is 20.3. The van der Waals surface area contributed by atoms with Crippen molar-refractivity contribution in [1.29, 1.82) is 0 Å². The molecule has 0 N–H and O–H groups in total. The number of hydrogen-bond donors (Lipinski definition) is 0. The molecular formula is C24H26ClNO3S2. The summed E-state index contributed by atoms with van der Waals surface area (Å²) < 4.78 is 12.3. The van der Waals surface area contributed by atoms with E-state index in [9.17, 15) is 4.79 Å². The summed E-state index contributed by atoms with van der Waals surface area (Å²) in [6.07, 6.45) is 2.89. The lowest BCUT2D eigenvalue weighted by molar-refractivity contribution is -0.121. The third kappa shape index (κ3) is 6.03. The Labute approximate surface area is 198 Å². The molecular weight excluding hydrogens is 450 g/mol. The van der Waals surface area contributed by atoms with Crippen LogP contribution >= 0.6 is 35.6 Å². The maximum Gasteiger partial charge on any atom is 0.266 e. The Balaban J connectivity index is 1.62. The van der Waals surface area contributed by atoms with E-state index in [4.69, 9.17) is 33.3 Å². The fourth-order valence-corrected chi connectivity index (χ4v) is 4.67. The first-order valence-electron chi connectivity index (χ1n) is 10.3. The lowest BCUT2D eigenvalue weighted by atomic mass is 9.99. The highest BCUT2D eigenvalue weighted by Gasteiger charge is 2.30. The second-order valence-electron chi connectivity index (χ2n) is 7.18. The fourth-order valence-electron chi connectivity index (χ4n) is 3.12. The number of halogens is 1. The predicted molar refractivity (Wildman–Crippen MR) is 133 cm³/mol. The minimum Gasteiger partial charge on any atom is -0.490 e. The van der Waals surface area contributed by atoms with Crippen LogP contribution in [-0.2, 0) is 4.79 Å². The van der Waals surface area contributed by atoms with Gasteiger partial charge in [-0.3, -0.25) is 9.69 Å². The average Bonchev–Trinajstić information content (AvgIpc) is 3.04. The fraction of sp³-hybridized carbons (Fsp3) is 0.333. The van der Waals surface area contributed by atoms with E-state index in [1.165, 1.54) is 17.3 Å². The number of ether oxygens (including phenoxy) is 2. The van der Waals surface area contributed by atoms with Gasteiger partial charge in [-0.05, 0) is 61.2 Å².